The molecule has 0 saturated heterocycles. The second kappa shape index (κ2) is 6.17. The number of halogens is 2. The number of hydrogen-bond acceptors (Lipinski definition) is 6. The maximum absolute atomic E-state index is 14.1. The van der Waals surface area contributed by atoms with Crippen molar-refractivity contribution < 1.29 is 9.18 Å². The third-order valence-corrected chi connectivity index (χ3v) is 3.37. The zero-order valence-electron chi connectivity index (χ0n) is 10.9. The number of tetrazole rings is 1. The van der Waals surface area contributed by atoms with E-state index in [-0.39, 0.29) is 11.5 Å². The van der Waals surface area contributed by atoms with Gasteiger partial charge in [-0.25, -0.2) is 9.07 Å². The number of nitrogens with one attached hydrogen (secondary N) is 1. The minimum Gasteiger partial charge on any atom is -0.289 e. The summed E-state index contributed by atoms with van der Waals surface area (Å²) in [5.41, 5.74) is 0.504. The number of thiocarbonyl (C=S) groups is 1. The van der Waals surface area contributed by atoms with Gasteiger partial charge >= 0.3 is 0 Å². The smallest absolute Gasteiger partial charge is 0.261 e. The first-order valence-corrected chi connectivity index (χ1v) is 6.76. The Morgan fingerprint density at radius 2 is 2.33 bits per heavy atom. The molecule has 10 heteroatoms. The van der Waals surface area contributed by atoms with Crippen LogP contribution in [0.25, 0.3) is 0 Å². The molecule has 1 aromatic carbocycles. The number of nitrogens with zero attached hydrogens (tertiary/aromatic N) is 5. The number of hydrogen-bond donors (Lipinski definition) is 1. The molecule has 108 valence electrons. The third-order valence-electron chi connectivity index (χ3n) is 2.68. The van der Waals surface area contributed by atoms with Crippen LogP contribution in [0.1, 0.15) is 15.9 Å². The molecule has 2 rings (SSSR count). The van der Waals surface area contributed by atoms with E-state index in [1.807, 2.05) is 0 Å². The van der Waals surface area contributed by atoms with Crippen LogP contribution in [0.4, 0.5) is 16.0 Å². The van der Waals surface area contributed by atoms with Gasteiger partial charge in [0.05, 0.1) is 16.4 Å². The number of amides is 1. The molecular weight excluding hydrogens is 363 g/mol. The number of anilines is 1. The highest BCUT2D eigenvalue weighted by Gasteiger charge is 2.21. The highest BCUT2D eigenvalue weighted by Crippen LogP contribution is 2.33. The summed E-state index contributed by atoms with van der Waals surface area (Å²) in [6, 6.07) is 1.14. The van der Waals surface area contributed by atoms with Gasteiger partial charge in [0.25, 0.3) is 5.91 Å². The van der Waals surface area contributed by atoms with Crippen LogP contribution in [-0.4, -0.2) is 31.3 Å². The first-order chi connectivity index (χ1) is 9.95. The average Bonchev–Trinajstić information content (AvgIpc) is 2.80. The predicted octanol–water partition coefficient (Wildman–Crippen LogP) is 2.41. The number of aryl methyl sites for hydroxylation is 1. The number of aromatic nitrogens is 4. The number of isothiocyanates is 1. The second-order valence-corrected chi connectivity index (χ2v) is 5.01. The SMILES string of the molecule is Cc1c(N=C=S)c(Br)cc(F)c1C(=O)Nc1nnnn1C. The van der Waals surface area contributed by atoms with Crippen LogP contribution in [0.3, 0.4) is 0 Å². The molecular formula is C11H8BrFN6OS. The Morgan fingerprint density at radius 1 is 1.62 bits per heavy atom. The van der Waals surface area contributed by atoms with E-state index < -0.39 is 11.7 Å². The lowest BCUT2D eigenvalue weighted by atomic mass is 10.1. The maximum atomic E-state index is 14.1. The summed E-state index contributed by atoms with van der Waals surface area (Å²) < 4.78 is 15.7. The molecule has 1 N–H and O–H groups in total. The lowest BCUT2D eigenvalue weighted by Crippen LogP contribution is -2.18. The van der Waals surface area contributed by atoms with Crippen LogP contribution < -0.4 is 5.32 Å². The van der Waals surface area contributed by atoms with Gasteiger partial charge in [0.1, 0.15) is 5.82 Å². The standard InChI is InChI=1S/C11H8BrFN6OS/c1-5-8(7(13)3-6(12)9(5)14-4-21)10(20)15-11-16-17-18-19(11)2/h3H,1-2H3,(H,15,16,18,20). The van der Waals surface area contributed by atoms with E-state index >= 15 is 0 Å². The number of aliphatic imine (C=N–C) groups is 1. The highest BCUT2D eigenvalue weighted by molar-refractivity contribution is 9.10. The molecule has 0 aliphatic carbocycles. The van der Waals surface area contributed by atoms with E-state index in [2.05, 4.69) is 59.1 Å². The molecule has 1 heterocycles. The number of rotatable bonds is 3. The first kappa shape index (κ1) is 15.4. The van der Waals surface area contributed by atoms with Crippen molar-refractivity contribution in [3.63, 3.8) is 0 Å². The van der Waals surface area contributed by atoms with Crippen LogP contribution in [-0.2, 0) is 7.05 Å². The van der Waals surface area contributed by atoms with Crippen molar-refractivity contribution in [3.8, 4) is 0 Å². The third kappa shape index (κ3) is 3.02. The van der Waals surface area contributed by atoms with Crippen molar-refractivity contribution in [1.82, 2.24) is 20.2 Å². The largest absolute Gasteiger partial charge is 0.289 e. The molecule has 0 atom stereocenters. The molecule has 0 fully saturated rings. The molecule has 0 unspecified atom stereocenters. The van der Waals surface area contributed by atoms with Crippen LogP contribution in [0.2, 0.25) is 0 Å². The quantitative estimate of drug-likeness (QED) is 0.662. The predicted molar refractivity (Wildman–Crippen MR) is 80.3 cm³/mol. The van der Waals surface area contributed by atoms with Gasteiger partial charge in [-0.1, -0.05) is 5.10 Å². The molecule has 1 aromatic heterocycles. The highest BCUT2D eigenvalue weighted by atomic mass is 79.9. The van der Waals surface area contributed by atoms with E-state index in [0.29, 0.717) is 15.7 Å². The summed E-state index contributed by atoms with van der Waals surface area (Å²) in [4.78, 5) is 16.0. The van der Waals surface area contributed by atoms with Gasteiger partial charge < -0.3 is 0 Å². The fraction of sp³-hybridized carbons (Fsp3) is 0.182. The van der Waals surface area contributed by atoms with E-state index in [1.54, 1.807) is 14.0 Å². The number of carbonyl (C=O) groups excluding carboxylic acids is 1. The van der Waals surface area contributed by atoms with Gasteiger partial charge in [0, 0.05) is 11.5 Å². The molecule has 0 aliphatic rings. The Kier molecular flexibility index (Phi) is 4.51. The molecule has 0 aliphatic heterocycles. The van der Waals surface area contributed by atoms with Gasteiger partial charge in [-0.2, -0.15) is 4.99 Å². The van der Waals surface area contributed by atoms with Gasteiger partial charge in [0.2, 0.25) is 5.95 Å². The molecule has 21 heavy (non-hydrogen) atoms. The molecule has 0 saturated carbocycles. The topological polar surface area (TPSA) is 85.1 Å². The van der Waals surface area contributed by atoms with Gasteiger partial charge in [-0.15, -0.1) is 0 Å². The molecule has 2 aromatic rings. The van der Waals surface area contributed by atoms with Crippen LogP contribution in [0.15, 0.2) is 15.5 Å². The minimum atomic E-state index is -0.699. The van der Waals surface area contributed by atoms with E-state index in [0.717, 1.165) is 6.07 Å². The van der Waals surface area contributed by atoms with Crippen molar-refractivity contribution in [2.24, 2.45) is 12.0 Å². The van der Waals surface area contributed by atoms with Crippen molar-refractivity contribution in [2.45, 2.75) is 6.92 Å². The summed E-state index contributed by atoms with van der Waals surface area (Å²) in [6.07, 6.45) is 0. The maximum Gasteiger partial charge on any atom is 0.261 e. The zero-order valence-corrected chi connectivity index (χ0v) is 13.3. The van der Waals surface area contributed by atoms with Crippen LogP contribution >= 0.6 is 28.1 Å². The Morgan fingerprint density at radius 3 is 2.90 bits per heavy atom. The van der Waals surface area contributed by atoms with Gasteiger partial charge in [-0.05, 0) is 57.1 Å². The van der Waals surface area contributed by atoms with Crippen molar-refractivity contribution in [2.75, 3.05) is 5.32 Å². The Bertz CT molecular complexity index is 770. The van der Waals surface area contributed by atoms with Crippen molar-refractivity contribution >= 4 is 50.9 Å². The lowest BCUT2D eigenvalue weighted by Gasteiger charge is -2.10. The fourth-order valence-corrected chi connectivity index (χ4v) is 2.37. The van der Waals surface area contributed by atoms with Crippen molar-refractivity contribution in [3.05, 3.63) is 27.5 Å². The molecule has 0 spiro atoms. The number of carbonyl (C=O) groups is 1. The van der Waals surface area contributed by atoms with Crippen LogP contribution in [0, 0.1) is 12.7 Å². The summed E-state index contributed by atoms with van der Waals surface area (Å²) in [5.74, 6) is -1.28. The minimum absolute atomic E-state index is 0.0987. The normalized spacial score (nSPS) is 10.1. The Balaban J connectivity index is 2.48. The number of benzene rings is 1. The molecule has 0 bridgehead atoms. The average molecular weight is 371 g/mol. The summed E-state index contributed by atoms with van der Waals surface area (Å²) >= 11 is 7.71. The van der Waals surface area contributed by atoms with E-state index in [1.165, 1.54) is 4.68 Å². The monoisotopic (exact) mass is 370 g/mol. The lowest BCUT2D eigenvalue weighted by molar-refractivity contribution is 0.102. The summed E-state index contributed by atoms with van der Waals surface area (Å²) in [5, 5.41) is 15.2. The summed E-state index contributed by atoms with van der Waals surface area (Å²) in [6.45, 7) is 1.56. The second-order valence-electron chi connectivity index (χ2n) is 3.97. The fourth-order valence-electron chi connectivity index (χ4n) is 1.69. The van der Waals surface area contributed by atoms with Gasteiger partial charge in [-0.3, -0.25) is 10.1 Å². The Hall–Kier alpha value is -2.03. The Labute approximate surface area is 132 Å². The molecule has 1 amide bonds. The van der Waals surface area contributed by atoms with Gasteiger partial charge in [0.15, 0.2) is 0 Å². The molecule has 7 nitrogen and oxygen atoms in total. The summed E-state index contributed by atoms with van der Waals surface area (Å²) in [7, 11) is 1.54. The zero-order chi connectivity index (χ0) is 15.6. The van der Waals surface area contributed by atoms with E-state index in [4.69, 9.17) is 0 Å². The van der Waals surface area contributed by atoms with E-state index in [9.17, 15) is 9.18 Å². The van der Waals surface area contributed by atoms with Crippen molar-refractivity contribution in [1.29, 1.82) is 0 Å². The first-order valence-electron chi connectivity index (χ1n) is 5.56. The van der Waals surface area contributed by atoms with Crippen LogP contribution in [0.5, 0.6) is 0 Å². The molecule has 0 radical (unpaired) electrons.